The van der Waals surface area contributed by atoms with E-state index in [1.54, 1.807) is 38.2 Å². The molecule has 2 aromatic rings. The van der Waals surface area contributed by atoms with Crippen molar-refractivity contribution in [1.29, 1.82) is 0 Å². The molecule has 6 heteroatoms. The van der Waals surface area contributed by atoms with Crippen molar-refractivity contribution in [2.24, 2.45) is 4.99 Å². The molecule has 0 fully saturated rings. The van der Waals surface area contributed by atoms with E-state index in [1.165, 1.54) is 0 Å². The molecule has 1 aromatic heterocycles. The van der Waals surface area contributed by atoms with E-state index in [4.69, 9.17) is 0 Å². The summed E-state index contributed by atoms with van der Waals surface area (Å²) in [4.78, 5) is 10.4. The summed E-state index contributed by atoms with van der Waals surface area (Å²) in [6, 6.07) is 5.04. The fourth-order valence-corrected chi connectivity index (χ4v) is 2.85. The van der Waals surface area contributed by atoms with Crippen molar-refractivity contribution >= 4 is 17.1 Å². The predicted molar refractivity (Wildman–Crippen MR) is 87.6 cm³/mol. The van der Waals surface area contributed by atoms with Crippen molar-refractivity contribution in [2.75, 3.05) is 14.1 Å². The zero-order chi connectivity index (χ0) is 17.4. The highest BCUT2D eigenvalue weighted by Gasteiger charge is 2.25. The molecule has 3 nitrogen and oxygen atoms in total. The molecule has 1 aliphatic heterocycles. The van der Waals surface area contributed by atoms with Crippen LogP contribution < -0.4 is 0 Å². The normalized spacial score (nSPS) is 14.2. The maximum absolute atomic E-state index is 14.4. The molecule has 0 unspecified atom stereocenters. The molecule has 0 amide bonds. The number of pyridine rings is 1. The van der Waals surface area contributed by atoms with Gasteiger partial charge in [-0.05, 0) is 13.0 Å². The highest BCUT2D eigenvalue weighted by molar-refractivity contribution is 6.24. The van der Waals surface area contributed by atoms with Gasteiger partial charge in [-0.1, -0.05) is 6.07 Å². The number of benzene rings is 1. The molecular formula is C18H16F3N3. The molecule has 0 spiro atoms. The number of hydrogen-bond donors (Lipinski definition) is 0. The van der Waals surface area contributed by atoms with E-state index in [2.05, 4.69) is 9.98 Å². The molecule has 3 rings (SSSR count). The van der Waals surface area contributed by atoms with Crippen LogP contribution in [0.1, 0.15) is 18.1 Å². The average Bonchev–Trinajstić information content (AvgIpc) is 2.63. The van der Waals surface area contributed by atoms with E-state index in [0.29, 0.717) is 41.4 Å². The Labute approximate surface area is 138 Å². The summed E-state index contributed by atoms with van der Waals surface area (Å²) in [7, 11) is 3.59. The topological polar surface area (TPSA) is 28.5 Å². The summed E-state index contributed by atoms with van der Waals surface area (Å²) in [6.45, 7) is 1.67. The van der Waals surface area contributed by atoms with E-state index in [9.17, 15) is 13.2 Å². The van der Waals surface area contributed by atoms with Gasteiger partial charge in [0.05, 0.1) is 5.56 Å². The molecule has 0 atom stereocenters. The lowest BCUT2D eigenvalue weighted by molar-refractivity contribution is 0.499. The molecule has 1 aliphatic rings. The van der Waals surface area contributed by atoms with Crippen LogP contribution >= 0.6 is 0 Å². The molecule has 0 saturated carbocycles. The number of halogens is 3. The summed E-state index contributed by atoms with van der Waals surface area (Å²) >= 11 is 0. The van der Waals surface area contributed by atoms with Gasteiger partial charge in [0, 0.05) is 61.4 Å². The molecular weight excluding hydrogens is 315 g/mol. The quantitative estimate of drug-likeness (QED) is 0.828. The van der Waals surface area contributed by atoms with Gasteiger partial charge >= 0.3 is 0 Å². The third-order valence-corrected chi connectivity index (χ3v) is 3.95. The summed E-state index contributed by atoms with van der Waals surface area (Å²) in [6.07, 6.45) is 2.04. The lowest BCUT2D eigenvalue weighted by Gasteiger charge is -2.22. The first-order chi connectivity index (χ1) is 11.4. The van der Waals surface area contributed by atoms with Gasteiger partial charge in [0.1, 0.15) is 17.5 Å². The number of aromatic nitrogens is 1. The third kappa shape index (κ3) is 2.79. The summed E-state index contributed by atoms with van der Waals surface area (Å²) in [5.41, 5.74) is 2.04. The van der Waals surface area contributed by atoms with Crippen molar-refractivity contribution in [2.45, 2.75) is 13.3 Å². The van der Waals surface area contributed by atoms with Crippen LogP contribution in [0.2, 0.25) is 0 Å². The predicted octanol–water partition coefficient (Wildman–Crippen LogP) is 4.12. The van der Waals surface area contributed by atoms with Gasteiger partial charge in [-0.3, -0.25) is 0 Å². The van der Waals surface area contributed by atoms with Gasteiger partial charge in [0.25, 0.3) is 0 Å². The first-order valence-corrected chi connectivity index (χ1v) is 7.43. The minimum absolute atomic E-state index is 0.269. The zero-order valence-corrected chi connectivity index (χ0v) is 13.6. The Balaban J connectivity index is 2.31. The smallest absolute Gasteiger partial charge is 0.155 e. The van der Waals surface area contributed by atoms with Crippen molar-refractivity contribution < 1.29 is 13.2 Å². The minimum atomic E-state index is -0.950. The monoisotopic (exact) mass is 331 g/mol. The van der Waals surface area contributed by atoms with Crippen LogP contribution in [0, 0.1) is 17.5 Å². The van der Waals surface area contributed by atoms with Crippen molar-refractivity contribution in [3.05, 3.63) is 64.7 Å². The number of aliphatic imine (C=N–C) groups is 1. The Bertz CT molecular complexity index is 847. The molecule has 0 saturated heterocycles. The molecule has 0 aliphatic carbocycles. The molecule has 2 heterocycles. The standard InChI is InChI=1S/C18H16F3N3/c1-10-16(17-13(20)8-12(19)9-14(17)21)15(24(2)3)7-11-5-4-6-22-18(11)23-10/h4-6,8-9H,7H2,1-3H3. The first-order valence-electron chi connectivity index (χ1n) is 7.43. The lowest BCUT2D eigenvalue weighted by Crippen LogP contribution is -2.18. The second-order valence-electron chi connectivity index (χ2n) is 5.82. The Hall–Kier alpha value is -2.63. The number of fused-ring (bicyclic) bond motifs is 1. The fraction of sp³-hybridized carbons (Fsp3) is 0.222. The Morgan fingerprint density at radius 3 is 2.38 bits per heavy atom. The summed E-state index contributed by atoms with van der Waals surface area (Å²) in [5, 5.41) is 0. The zero-order valence-electron chi connectivity index (χ0n) is 13.6. The van der Waals surface area contributed by atoms with E-state index in [1.807, 2.05) is 6.07 Å². The van der Waals surface area contributed by atoms with Gasteiger partial charge in [0.2, 0.25) is 0 Å². The number of rotatable bonds is 2. The van der Waals surface area contributed by atoms with Gasteiger partial charge < -0.3 is 4.90 Å². The SMILES string of the molecule is CC1=Nc2ncccc2CC(N(C)C)=C1c1c(F)cc(F)cc1F. The van der Waals surface area contributed by atoms with Crippen molar-refractivity contribution in [3.63, 3.8) is 0 Å². The van der Waals surface area contributed by atoms with Crippen LogP contribution in [0.15, 0.2) is 41.2 Å². The number of nitrogens with zero attached hydrogens (tertiary/aromatic N) is 3. The largest absolute Gasteiger partial charge is 0.380 e. The van der Waals surface area contributed by atoms with Crippen molar-refractivity contribution in [3.8, 4) is 0 Å². The van der Waals surface area contributed by atoms with Crippen molar-refractivity contribution in [1.82, 2.24) is 9.88 Å². The van der Waals surface area contributed by atoms with Gasteiger partial charge in [-0.2, -0.15) is 0 Å². The number of allylic oxidation sites excluding steroid dienone is 2. The second kappa shape index (κ2) is 6.11. The van der Waals surface area contributed by atoms with E-state index in [0.717, 1.165) is 5.56 Å². The van der Waals surface area contributed by atoms with Crippen LogP contribution in [0.4, 0.5) is 19.0 Å². The lowest BCUT2D eigenvalue weighted by atomic mass is 9.96. The molecule has 1 aromatic carbocycles. The van der Waals surface area contributed by atoms with Crippen LogP contribution in [-0.4, -0.2) is 29.7 Å². The van der Waals surface area contributed by atoms with Crippen LogP contribution in [0.5, 0.6) is 0 Å². The minimum Gasteiger partial charge on any atom is -0.380 e. The average molecular weight is 331 g/mol. The van der Waals surface area contributed by atoms with Gasteiger partial charge in [-0.25, -0.2) is 23.1 Å². The van der Waals surface area contributed by atoms with Gasteiger partial charge in [-0.15, -0.1) is 0 Å². The first kappa shape index (κ1) is 16.2. The second-order valence-corrected chi connectivity index (χ2v) is 5.82. The Kier molecular flexibility index (Phi) is 4.13. The highest BCUT2D eigenvalue weighted by Crippen LogP contribution is 2.34. The Morgan fingerprint density at radius 2 is 1.75 bits per heavy atom. The highest BCUT2D eigenvalue weighted by atomic mass is 19.1. The van der Waals surface area contributed by atoms with E-state index >= 15 is 0 Å². The molecule has 0 bridgehead atoms. The van der Waals surface area contributed by atoms with E-state index < -0.39 is 17.5 Å². The number of likely N-dealkylation sites (N-methyl/N-ethyl adjacent to an activating group) is 1. The van der Waals surface area contributed by atoms with Gasteiger partial charge in [0.15, 0.2) is 5.82 Å². The van der Waals surface area contributed by atoms with Crippen LogP contribution in [0.3, 0.4) is 0 Å². The third-order valence-electron chi connectivity index (χ3n) is 3.95. The molecule has 0 N–H and O–H groups in total. The molecule has 0 radical (unpaired) electrons. The summed E-state index contributed by atoms with van der Waals surface area (Å²) < 4.78 is 42.0. The maximum Gasteiger partial charge on any atom is 0.155 e. The van der Waals surface area contributed by atoms with E-state index in [-0.39, 0.29) is 5.56 Å². The van der Waals surface area contributed by atoms with Crippen LogP contribution in [0.25, 0.3) is 5.57 Å². The van der Waals surface area contributed by atoms with Crippen LogP contribution in [-0.2, 0) is 6.42 Å². The number of hydrogen-bond acceptors (Lipinski definition) is 3. The summed E-state index contributed by atoms with van der Waals surface area (Å²) in [5.74, 6) is -2.33. The fourth-order valence-electron chi connectivity index (χ4n) is 2.85. The maximum atomic E-state index is 14.4. The molecule has 124 valence electrons. The Morgan fingerprint density at radius 1 is 1.08 bits per heavy atom. The molecule has 24 heavy (non-hydrogen) atoms.